The van der Waals surface area contributed by atoms with Crippen molar-refractivity contribution in [3.05, 3.63) is 23.8 Å². The lowest BCUT2D eigenvalue weighted by Crippen LogP contribution is -2.32. The van der Waals surface area contributed by atoms with Gasteiger partial charge in [-0.2, -0.15) is 0 Å². The van der Waals surface area contributed by atoms with Crippen LogP contribution < -0.4 is 16.4 Å². The summed E-state index contributed by atoms with van der Waals surface area (Å²) in [7, 11) is 3.29. The molecule has 0 heterocycles. The van der Waals surface area contributed by atoms with Crippen LogP contribution in [0.15, 0.2) is 18.2 Å². The van der Waals surface area contributed by atoms with Crippen molar-refractivity contribution in [2.24, 2.45) is 5.73 Å². The molecule has 0 saturated heterocycles. The van der Waals surface area contributed by atoms with Crippen LogP contribution >= 0.6 is 0 Å². The highest BCUT2D eigenvalue weighted by molar-refractivity contribution is 5.95. The summed E-state index contributed by atoms with van der Waals surface area (Å²) in [5.74, 6) is -0.512. The number of benzene rings is 1. The van der Waals surface area contributed by atoms with E-state index in [0.717, 1.165) is 0 Å². The van der Waals surface area contributed by atoms with Gasteiger partial charge in [-0.05, 0) is 18.2 Å². The molecule has 18 heavy (non-hydrogen) atoms. The van der Waals surface area contributed by atoms with Crippen molar-refractivity contribution < 1.29 is 14.6 Å². The third-order valence-corrected chi connectivity index (χ3v) is 2.57. The maximum Gasteiger partial charge on any atom is 0.248 e. The molecule has 0 bridgehead atoms. The summed E-state index contributed by atoms with van der Waals surface area (Å²) in [6, 6.07) is 4.80. The summed E-state index contributed by atoms with van der Waals surface area (Å²) >= 11 is 0. The first-order valence-electron chi connectivity index (χ1n) is 5.53. The second-order valence-corrected chi connectivity index (χ2v) is 4.13. The Morgan fingerprint density at radius 2 is 2.22 bits per heavy atom. The topological polar surface area (TPSA) is 102 Å². The number of nitrogens with zero attached hydrogens (tertiary/aromatic N) is 1. The fourth-order valence-electron chi connectivity index (χ4n) is 1.69. The fourth-order valence-corrected chi connectivity index (χ4v) is 1.69. The van der Waals surface area contributed by atoms with E-state index in [2.05, 4.69) is 0 Å². The quantitative estimate of drug-likeness (QED) is 0.610. The molecule has 0 fully saturated rings. The van der Waals surface area contributed by atoms with E-state index >= 15 is 0 Å². The third-order valence-electron chi connectivity index (χ3n) is 2.57. The molecule has 0 aliphatic carbocycles. The van der Waals surface area contributed by atoms with Crippen LogP contribution in [0.4, 0.5) is 11.4 Å². The number of hydrogen-bond donors (Lipinski definition) is 3. The SMILES string of the molecule is COCC(O)CN(C)c1cc(C(N)=O)ccc1N. The summed E-state index contributed by atoms with van der Waals surface area (Å²) in [5, 5.41) is 9.65. The number of carbonyl (C=O) groups excluding carboxylic acids is 1. The van der Waals surface area contributed by atoms with E-state index in [4.69, 9.17) is 16.2 Å². The van der Waals surface area contributed by atoms with Gasteiger partial charge in [-0.3, -0.25) is 4.79 Å². The van der Waals surface area contributed by atoms with Gasteiger partial charge in [-0.1, -0.05) is 0 Å². The van der Waals surface area contributed by atoms with Gasteiger partial charge in [0.25, 0.3) is 0 Å². The highest BCUT2D eigenvalue weighted by Gasteiger charge is 2.12. The van der Waals surface area contributed by atoms with Crippen LogP contribution in [0.2, 0.25) is 0 Å². The predicted molar refractivity (Wildman–Crippen MR) is 70.5 cm³/mol. The van der Waals surface area contributed by atoms with Gasteiger partial charge in [0, 0.05) is 26.3 Å². The number of anilines is 2. The van der Waals surface area contributed by atoms with E-state index in [-0.39, 0.29) is 6.61 Å². The van der Waals surface area contributed by atoms with Gasteiger partial charge < -0.3 is 26.2 Å². The van der Waals surface area contributed by atoms with Crippen LogP contribution in [0.25, 0.3) is 0 Å². The Hall–Kier alpha value is -1.79. The highest BCUT2D eigenvalue weighted by atomic mass is 16.5. The molecule has 1 amide bonds. The predicted octanol–water partition coefficient (Wildman–Crippen LogP) is -0.189. The number of likely N-dealkylation sites (N-methyl/N-ethyl adjacent to an activating group) is 1. The van der Waals surface area contributed by atoms with E-state index in [0.29, 0.717) is 23.5 Å². The molecular weight excluding hydrogens is 234 g/mol. The smallest absolute Gasteiger partial charge is 0.248 e. The normalized spacial score (nSPS) is 12.2. The second kappa shape index (κ2) is 6.23. The first kappa shape index (κ1) is 14.3. The van der Waals surface area contributed by atoms with Gasteiger partial charge in [-0.25, -0.2) is 0 Å². The lowest BCUT2D eigenvalue weighted by Gasteiger charge is -2.24. The molecule has 0 aromatic heterocycles. The standard InChI is InChI=1S/C12H19N3O3/c1-15(6-9(16)7-18-2)11-5-8(12(14)17)3-4-10(11)13/h3-5,9,16H,6-7,13H2,1-2H3,(H2,14,17). The van der Waals surface area contributed by atoms with Crippen LogP contribution in [0, 0.1) is 0 Å². The van der Waals surface area contributed by atoms with Crippen LogP contribution in [0.1, 0.15) is 10.4 Å². The molecular formula is C12H19N3O3. The lowest BCUT2D eigenvalue weighted by molar-refractivity contribution is 0.0695. The Bertz CT molecular complexity index is 423. The molecule has 1 rings (SSSR count). The zero-order chi connectivity index (χ0) is 13.7. The maximum atomic E-state index is 11.1. The molecule has 0 spiro atoms. The van der Waals surface area contributed by atoms with Crippen molar-refractivity contribution >= 4 is 17.3 Å². The van der Waals surface area contributed by atoms with Gasteiger partial charge in [0.1, 0.15) is 0 Å². The average Bonchev–Trinajstić information content (AvgIpc) is 2.29. The van der Waals surface area contributed by atoms with Crippen molar-refractivity contribution in [3.63, 3.8) is 0 Å². The zero-order valence-electron chi connectivity index (χ0n) is 10.6. The van der Waals surface area contributed by atoms with E-state index in [9.17, 15) is 9.90 Å². The number of hydrogen-bond acceptors (Lipinski definition) is 5. The minimum absolute atomic E-state index is 0.236. The van der Waals surface area contributed by atoms with Crippen LogP contribution in [-0.4, -0.2) is 44.4 Å². The summed E-state index contributed by atoms with van der Waals surface area (Å²) in [5.41, 5.74) is 12.6. The largest absolute Gasteiger partial charge is 0.397 e. The first-order chi connectivity index (χ1) is 8.45. The van der Waals surface area contributed by atoms with E-state index in [1.54, 1.807) is 30.1 Å². The second-order valence-electron chi connectivity index (χ2n) is 4.13. The number of methoxy groups -OCH3 is 1. The number of amides is 1. The molecule has 6 nitrogen and oxygen atoms in total. The van der Waals surface area contributed by atoms with Gasteiger partial charge in [0.05, 0.1) is 24.1 Å². The molecule has 1 aromatic carbocycles. The van der Waals surface area contributed by atoms with Crippen molar-refractivity contribution in [2.75, 3.05) is 37.9 Å². The van der Waals surface area contributed by atoms with Crippen molar-refractivity contribution in [2.45, 2.75) is 6.10 Å². The van der Waals surface area contributed by atoms with Crippen molar-refractivity contribution in [3.8, 4) is 0 Å². The molecule has 1 unspecified atom stereocenters. The molecule has 0 aliphatic heterocycles. The minimum Gasteiger partial charge on any atom is -0.397 e. The van der Waals surface area contributed by atoms with E-state index < -0.39 is 12.0 Å². The molecule has 0 aliphatic rings. The molecule has 5 N–H and O–H groups in total. The Labute approximate surface area is 106 Å². The number of aliphatic hydroxyl groups excluding tert-OH is 1. The number of nitrogen functional groups attached to an aromatic ring is 1. The number of nitrogens with two attached hydrogens (primary N) is 2. The molecule has 0 saturated carbocycles. The van der Waals surface area contributed by atoms with Crippen LogP contribution in [-0.2, 0) is 4.74 Å². The van der Waals surface area contributed by atoms with Crippen molar-refractivity contribution in [1.82, 2.24) is 0 Å². The van der Waals surface area contributed by atoms with Crippen LogP contribution in [0.3, 0.4) is 0 Å². The third kappa shape index (κ3) is 3.61. The minimum atomic E-state index is -0.628. The summed E-state index contributed by atoms with van der Waals surface area (Å²) in [6.45, 7) is 0.583. The maximum absolute atomic E-state index is 11.1. The number of primary amides is 1. The number of rotatable bonds is 6. The Kier molecular flexibility index (Phi) is 4.94. The van der Waals surface area contributed by atoms with Gasteiger partial charge >= 0.3 is 0 Å². The number of aliphatic hydroxyl groups is 1. The molecule has 0 radical (unpaired) electrons. The molecule has 6 heteroatoms. The lowest BCUT2D eigenvalue weighted by atomic mass is 10.1. The number of carbonyl (C=O) groups is 1. The van der Waals surface area contributed by atoms with E-state index in [1.807, 2.05) is 0 Å². The Morgan fingerprint density at radius 1 is 1.56 bits per heavy atom. The summed E-state index contributed by atoms with van der Waals surface area (Å²) in [6.07, 6.45) is -0.628. The Morgan fingerprint density at radius 3 is 2.78 bits per heavy atom. The monoisotopic (exact) mass is 253 g/mol. The molecule has 1 aromatic rings. The zero-order valence-corrected chi connectivity index (χ0v) is 10.6. The molecule has 100 valence electrons. The fraction of sp³-hybridized carbons (Fsp3) is 0.417. The summed E-state index contributed by atoms with van der Waals surface area (Å²) < 4.78 is 4.85. The van der Waals surface area contributed by atoms with Gasteiger partial charge in [0.15, 0.2) is 0 Å². The van der Waals surface area contributed by atoms with Gasteiger partial charge in [-0.15, -0.1) is 0 Å². The first-order valence-corrected chi connectivity index (χ1v) is 5.53. The highest BCUT2D eigenvalue weighted by Crippen LogP contribution is 2.23. The van der Waals surface area contributed by atoms with Gasteiger partial charge in [0.2, 0.25) is 5.91 Å². The molecule has 1 atom stereocenters. The van der Waals surface area contributed by atoms with Crippen molar-refractivity contribution in [1.29, 1.82) is 0 Å². The number of ether oxygens (including phenoxy) is 1. The van der Waals surface area contributed by atoms with Crippen LogP contribution in [0.5, 0.6) is 0 Å². The Balaban J connectivity index is 2.87. The summed E-state index contributed by atoms with van der Waals surface area (Å²) in [4.78, 5) is 12.9. The van der Waals surface area contributed by atoms with E-state index in [1.165, 1.54) is 7.11 Å². The average molecular weight is 253 g/mol.